The molecule has 150 valence electrons. The van der Waals surface area contributed by atoms with Crippen molar-refractivity contribution >= 4 is 11.8 Å². The van der Waals surface area contributed by atoms with Crippen molar-refractivity contribution in [3.05, 3.63) is 59.5 Å². The van der Waals surface area contributed by atoms with Gasteiger partial charge in [-0.15, -0.1) is 0 Å². The number of carbonyl (C=O) groups is 2. The number of hydrogen-bond acceptors (Lipinski definition) is 4. The lowest BCUT2D eigenvalue weighted by Gasteiger charge is -2.36. The number of hydrogen-bond donors (Lipinski definition) is 1. The molecule has 1 atom stereocenters. The van der Waals surface area contributed by atoms with Gasteiger partial charge in [0, 0.05) is 37.8 Å². The average molecular weight is 383 g/mol. The third-order valence-corrected chi connectivity index (χ3v) is 5.32. The summed E-state index contributed by atoms with van der Waals surface area (Å²) in [5.41, 5.74) is 3.30. The highest BCUT2D eigenvalue weighted by molar-refractivity contribution is 5.89. The van der Waals surface area contributed by atoms with Crippen LogP contribution in [0.2, 0.25) is 0 Å². The maximum absolute atomic E-state index is 13.2. The van der Waals surface area contributed by atoms with Crippen molar-refractivity contribution in [3.63, 3.8) is 0 Å². The summed E-state index contributed by atoms with van der Waals surface area (Å²) in [6, 6.07) is 9.59. The molecule has 1 saturated heterocycles. The number of nitrogens with zero attached hydrogens (tertiary/aromatic N) is 2. The van der Waals surface area contributed by atoms with Gasteiger partial charge in [0.2, 0.25) is 11.8 Å². The molecule has 1 unspecified atom stereocenters. The van der Waals surface area contributed by atoms with Crippen LogP contribution in [-0.4, -0.2) is 46.8 Å². The molecule has 1 fully saturated rings. The van der Waals surface area contributed by atoms with Crippen LogP contribution in [0.4, 0.5) is 0 Å². The minimum Gasteiger partial charge on any atom is -0.472 e. The lowest BCUT2D eigenvalue weighted by atomic mass is 10.0. The minimum atomic E-state index is -0.464. The first kappa shape index (κ1) is 20.1. The monoisotopic (exact) mass is 383 g/mol. The molecule has 1 N–H and O–H groups in total. The Balaban J connectivity index is 1.73. The normalized spacial score (nSPS) is 17.6. The van der Waals surface area contributed by atoms with E-state index < -0.39 is 6.04 Å². The lowest BCUT2D eigenvalue weighted by molar-refractivity contribution is -0.140. The summed E-state index contributed by atoms with van der Waals surface area (Å²) in [5.74, 6) is -0.0832. The second-order valence-corrected chi connectivity index (χ2v) is 7.65. The van der Waals surface area contributed by atoms with Gasteiger partial charge in [-0.3, -0.25) is 14.5 Å². The van der Waals surface area contributed by atoms with E-state index in [0.29, 0.717) is 26.2 Å². The standard InChI is InChI=1S/C22H29N3O3/c1-16(2)25(14-19-7-5-4-6-17(19)3)21(26)12-20-22(27)23-9-10-24(20)13-18-8-11-28-15-18/h4-8,11,15-16,20H,9-10,12-14H2,1-3H3,(H,23,27). The van der Waals surface area contributed by atoms with Crippen molar-refractivity contribution in [3.8, 4) is 0 Å². The van der Waals surface area contributed by atoms with Crippen molar-refractivity contribution in [1.82, 2.24) is 15.1 Å². The number of rotatable bonds is 7. The number of nitrogens with one attached hydrogen (secondary N) is 1. The molecule has 0 aliphatic carbocycles. The topological polar surface area (TPSA) is 65.8 Å². The van der Waals surface area contributed by atoms with Crippen molar-refractivity contribution in [1.29, 1.82) is 0 Å². The van der Waals surface area contributed by atoms with Gasteiger partial charge in [-0.25, -0.2) is 0 Å². The summed E-state index contributed by atoms with van der Waals surface area (Å²) in [7, 11) is 0. The number of benzene rings is 1. The van der Waals surface area contributed by atoms with Gasteiger partial charge in [0.05, 0.1) is 25.0 Å². The van der Waals surface area contributed by atoms with Gasteiger partial charge in [-0.05, 0) is 38.0 Å². The summed E-state index contributed by atoms with van der Waals surface area (Å²) < 4.78 is 5.14. The van der Waals surface area contributed by atoms with E-state index in [1.54, 1.807) is 12.5 Å². The van der Waals surface area contributed by atoms with Gasteiger partial charge in [0.1, 0.15) is 0 Å². The van der Waals surface area contributed by atoms with E-state index >= 15 is 0 Å². The fraction of sp³-hybridized carbons (Fsp3) is 0.455. The van der Waals surface area contributed by atoms with Crippen LogP contribution in [0.3, 0.4) is 0 Å². The molecule has 1 aromatic carbocycles. The second kappa shape index (κ2) is 9.06. The molecule has 6 heteroatoms. The van der Waals surface area contributed by atoms with E-state index in [9.17, 15) is 9.59 Å². The van der Waals surface area contributed by atoms with E-state index in [4.69, 9.17) is 4.42 Å². The van der Waals surface area contributed by atoms with Gasteiger partial charge in [0.25, 0.3) is 0 Å². The summed E-state index contributed by atoms with van der Waals surface area (Å²) >= 11 is 0. The molecule has 1 aromatic heterocycles. The Hall–Kier alpha value is -2.60. The predicted octanol–water partition coefficient (Wildman–Crippen LogP) is 2.72. The van der Waals surface area contributed by atoms with Crippen LogP contribution in [0.15, 0.2) is 47.3 Å². The zero-order valence-electron chi connectivity index (χ0n) is 16.9. The molecule has 0 spiro atoms. The number of furan rings is 1. The first-order valence-corrected chi connectivity index (χ1v) is 9.82. The lowest BCUT2D eigenvalue weighted by Crippen LogP contribution is -2.56. The molecule has 0 saturated carbocycles. The fourth-order valence-corrected chi connectivity index (χ4v) is 3.60. The highest BCUT2D eigenvalue weighted by Crippen LogP contribution is 2.18. The van der Waals surface area contributed by atoms with Crippen LogP contribution in [0.1, 0.15) is 37.0 Å². The molecule has 6 nitrogen and oxygen atoms in total. The van der Waals surface area contributed by atoms with E-state index in [-0.39, 0.29) is 24.3 Å². The van der Waals surface area contributed by atoms with Gasteiger partial charge in [-0.1, -0.05) is 24.3 Å². The molecule has 2 amide bonds. The molecule has 0 bridgehead atoms. The molecule has 1 aliphatic rings. The van der Waals surface area contributed by atoms with Crippen LogP contribution >= 0.6 is 0 Å². The summed E-state index contributed by atoms with van der Waals surface area (Å²) in [4.78, 5) is 29.6. The Bertz CT molecular complexity index is 801. The van der Waals surface area contributed by atoms with Crippen LogP contribution in [-0.2, 0) is 22.7 Å². The zero-order valence-corrected chi connectivity index (χ0v) is 16.9. The number of aryl methyl sites for hydroxylation is 1. The molecular formula is C22H29N3O3. The summed E-state index contributed by atoms with van der Waals surface area (Å²) in [5, 5.41) is 2.90. The van der Waals surface area contributed by atoms with E-state index in [1.165, 1.54) is 0 Å². The van der Waals surface area contributed by atoms with Crippen molar-refractivity contribution in [2.75, 3.05) is 13.1 Å². The highest BCUT2D eigenvalue weighted by Gasteiger charge is 2.33. The quantitative estimate of drug-likeness (QED) is 0.798. The Morgan fingerprint density at radius 2 is 2.11 bits per heavy atom. The van der Waals surface area contributed by atoms with Gasteiger partial charge in [0.15, 0.2) is 0 Å². The summed E-state index contributed by atoms with van der Waals surface area (Å²) in [6.07, 6.45) is 3.49. The first-order chi connectivity index (χ1) is 13.5. The van der Waals surface area contributed by atoms with Crippen LogP contribution in [0, 0.1) is 6.92 Å². The molecular weight excluding hydrogens is 354 g/mol. The maximum atomic E-state index is 13.2. The van der Waals surface area contributed by atoms with Crippen LogP contribution in [0.5, 0.6) is 0 Å². The number of piperazine rings is 1. The maximum Gasteiger partial charge on any atom is 0.237 e. The largest absolute Gasteiger partial charge is 0.472 e. The molecule has 2 heterocycles. The Morgan fingerprint density at radius 3 is 2.79 bits per heavy atom. The van der Waals surface area contributed by atoms with Crippen molar-refractivity contribution in [2.24, 2.45) is 0 Å². The molecule has 3 rings (SSSR count). The average Bonchev–Trinajstić information content (AvgIpc) is 3.16. The van der Waals surface area contributed by atoms with E-state index in [0.717, 1.165) is 16.7 Å². The molecule has 28 heavy (non-hydrogen) atoms. The SMILES string of the molecule is Cc1ccccc1CN(C(=O)CC1C(=O)NCCN1Cc1ccoc1)C(C)C. The molecule has 2 aromatic rings. The van der Waals surface area contributed by atoms with Crippen molar-refractivity contribution in [2.45, 2.75) is 52.4 Å². The zero-order chi connectivity index (χ0) is 20.1. The number of carbonyl (C=O) groups excluding carboxylic acids is 2. The molecule has 1 aliphatic heterocycles. The Labute approximate surface area is 166 Å². The third kappa shape index (κ3) is 4.81. The van der Waals surface area contributed by atoms with Crippen LogP contribution < -0.4 is 5.32 Å². The molecule has 0 radical (unpaired) electrons. The van der Waals surface area contributed by atoms with Crippen LogP contribution in [0.25, 0.3) is 0 Å². The van der Waals surface area contributed by atoms with Gasteiger partial charge < -0.3 is 14.6 Å². The third-order valence-electron chi connectivity index (χ3n) is 5.32. The predicted molar refractivity (Wildman–Crippen MR) is 107 cm³/mol. The first-order valence-electron chi connectivity index (χ1n) is 9.82. The smallest absolute Gasteiger partial charge is 0.237 e. The van der Waals surface area contributed by atoms with Gasteiger partial charge >= 0.3 is 0 Å². The second-order valence-electron chi connectivity index (χ2n) is 7.65. The fourth-order valence-electron chi connectivity index (χ4n) is 3.60. The van der Waals surface area contributed by atoms with E-state index in [2.05, 4.69) is 29.3 Å². The highest BCUT2D eigenvalue weighted by atomic mass is 16.3. The number of amides is 2. The Kier molecular flexibility index (Phi) is 6.52. The minimum absolute atomic E-state index is 0.00232. The Morgan fingerprint density at radius 1 is 1.32 bits per heavy atom. The van der Waals surface area contributed by atoms with Gasteiger partial charge in [-0.2, -0.15) is 0 Å². The summed E-state index contributed by atoms with van der Waals surface area (Å²) in [6.45, 7) is 8.55. The van der Waals surface area contributed by atoms with Crippen molar-refractivity contribution < 1.29 is 14.0 Å². The van der Waals surface area contributed by atoms with E-state index in [1.807, 2.05) is 36.9 Å².